The molecule has 0 radical (unpaired) electrons. The van der Waals surface area contributed by atoms with Crippen LogP contribution in [0.25, 0.3) is 11.4 Å². The third-order valence-electron chi connectivity index (χ3n) is 4.96. The topological polar surface area (TPSA) is 91.1 Å². The summed E-state index contributed by atoms with van der Waals surface area (Å²) in [6, 6.07) is 12.1. The van der Waals surface area contributed by atoms with Gasteiger partial charge in [-0.05, 0) is 36.4 Å². The van der Waals surface area contributed by atoms with Crippen LogP contribution in [0.4, 0.5) is 19.1 Å². The van der Waals surface area contributed by atoms with Gasteiger partial charge in [0.15, 0.2) is 11.4 Å². The first-order valence-electron chi connectivity index (χ1n) is 8.81. The zero-order valence-corrected chi connectivity index (χ0v) is 15.1. The summed E-state index contributed by atoms with van der Waals surface area (Å²) < 4.78 is 46.7. The average molecular weight is 403 g/mol. The van der Waals surface area contributed by atoms with Crippen molar-refractivity contribution in [3.63, 3.8) is 0 Å². The predicted molar refractivity (Wildman–Crippen MR) is 95.8 cm³/mol. The van der Waals surface area contributed by atoms with E-state index in [0.717, 1.165) is 0 Å². The lowest BCUT2D eigenvalue weighted by Crippen LogP contribution is -2.47. The fourth-order valence-electron chi connectivity index (χ4n) is 3.34. The summed E-state index contributed by atoms with van der Waals surface area (Å²) in [4.78, 5) is 1.37. The molecule has 0 amide bonds. The zero-order valence-electron chi connectivity index (χ0n) is 15.1. The number of benzene rings is 1. The molecular formula is C19H16F3N5O2. The Balaban J connectivity index is 1.73. The van der Waals surface area contributed by atoms with Crippen LogP contribution in [-0.2, 0) is 6.54 Å². The molecular weight excluding hydrogens is 387 g/mol. The van der Waals surface area contributed by atoms with Gasteiger partial charge in [0.2, 0.25) is 5.95 Å². The Morgan fingerprint density at radius 3 is 2.55 bits per heavy atom. The molecule has 1 aromatic carbocycles. The molecule has 0 bridgehead atoms. The Bertz CT molecular complexity index is 1040. The van der Waals surface area contributed by atoms with Gasteiger partial charge >= 0.3 is 6.18 Å². The molecule has 1 saturated heterocycles. The molecule has 0 aliphatic carbocycles. The maximum absolute atomic E-state index is 13.2. The molecule has 29 heavy (non-hydrogen) atoms. The fraction of sp³-hybridized carbons (Fsp3) is 0.316. The molecule has 4 rings (SSSR count). The highest BCUT2D eigenvalue weighted by Gasteiger charge is 2.57. The van der Waals surface area contributed by atoms with E-state index < -0.39 is 24.7 Å². The minimum absolute atomic E-state index is 0.0142. The normalized spacial score (nSPS) is 19.5. The first kappa shape index (κ1) is 19.0. The number of rotatable bonds is 4. The highest BCUT2D eigenvalue weighted by molar-refractivity contribution is 5.59. The Hall–Kier alpha value is -3.32. The third kappa shape index (κ3) is 3.45. The molecule has 1 fully saturated rings. The maximum atomic E-state index is 13.2. The van der Waals surface area contributed by atoms with Crippen molar-refractivity contribution < 1.29 is 22.7 Å². The number of aromatic nitrogens is 3. The molecule has 1 aliphatic rings. The molecule has 0 saturated carbocycles. The van der Waals surface area contributed by atoms with Crippen LogP contribution in [0.3, 0.4) is 0 Å². The Kier molecular flexibility index (Phi) is 4.55. The molecule has 10 heteroatoms. The van der Waals surface area contributed by atoms with E-state index in [1.165, 1.54) is 11.2 Å². The summed E-state index contributed by atoms with van der Waals surface area (Å²) in [7, 11) is 0. The fourth-order valence-corrected chi connectivity index (χ4v) is 3.34. The molecule has 3 aromatic rings. The van der Waals surface area contributed by atoms with Crippen LogP contribution >= 0.6 is 0 Å². The number of nitrogens with zero attached hydrogens (tertiary/aromatic N) is 5. The van der Waals surface area contributed by atoms with Crippen LogP contribution in [0.15, 0.2) is 47.1 Å². The molecule has 1 unspecified atom stereocenters. The molecule has 1 N–H and O–H groups in total. The maximum Gasteiger partial charge on any atom is 0.419 e. The van der Waals surface area contributed by atoms with Gasteiger partial charge in [-0.15, -0.1) is 10.2 Å². The summed E-state index contributed by atoms with van der Waals surface area (Å²) in [5.41, 5.74) is -1.66. The summed E-state index contributed by atoms with van der Waals surface area (Å²) in [5.74, 6) is 1.20. The van der Waals surface area contributed by atoms with Crippen molar-refractivity contribution >= 4 is 5.95 Å². The van der Waals surface area contributed by atoms with Gasteiger partial charge in [0, 0.05) is 18.5 Å². The number of alkyl halides is 3. The standard InChI is InChI=1S/C19H16F3N5O2/c20-19(21,22)18(28)7-8-26(12-18)17-25-24-16(14-5-3-13(10-23)4-6-14)27(17)11-15-2-1-9-29-15/h1-6,9,28H,7-8,11-12H2. The minimum Gasteiger partial charge on any atom is -0.467 e. The van der Waals surface area contributed by atoms with Crippen molar-refractivity contribution in [2.45, 2.75) is 24.7 Å². The van der Waals surface area contributed by atoms with Crippen molar-refractivity contribution in [2.24, 2.45) is 0 Å². The largest absolute Gasteiger partial charge is 0.467 e. The van der Waals surface area contributed by atoms with E-state index >= 15 is 0 Å². The quantitative estimate of drug-likeness (QED) is 0.720. The SMILES string of the molecule is N#Cc1ccc(-c2nnc(N3CCC(O)(C(F)(F)F)C3)n2Cc2ccco2)cc1. The second kappa shape index (κ2) is 6.93. The van der Waals surface area contributed by atoms with E-state index in [4.69, 9.17) is 9.68 Å². The lowest BCUT2D eigenvalue weighted by Gasteiger charge is -2.26. The first-order valence-corrected chi connectivity index (χ1v) is 8.81. The van der Waals surface area contributed by atoms with Gasteiger partial charge < -0.3 is 14.4 Å². The van der Waals surface area contributed by atoms with E-state index in [1.807, 2.05) is 6.07 Å². The molecule has 1 atom stereocenters. The average Bonchev–Trinajstić information content (AvgIpc) is 3.42. The van der Waals surface area contributed by atoms with Crippen LogP contribution in [0, 0.1) is 11.3 Å². The number of β-amino-alcohol motifs (C(OH)–C–C–N with tert-alkyl or cyclic N) is 1. The number of hydrogen-bond donors (Lipinski definition) is 1. The summed E-state index contributed by atoms with van der Waals surface area (Å²) in [6.45, 7) is -0.439. The lowest BCUT2D eigenvalue weighted by atomic mass is 10.0. The highest BCUT2D eigenvalue weighted by atomic mass is 19.4. The number of hydrogen-bond acceptors (Lipinski definition) is 6. The Labute approximate surface area is 163 Å². The number of furan rings is 1. The van der Waals surface area contributed by atoms with Gasteiger partial charge in [0.25, 0.3) is 0 Å². The Morgan fingerprint density at radius 1 is 1.21 bits per heavy atom. The van der Waals surface area contributed by atoms with Crippen LogP contribution in [0.1, 0.15) is 17.7 Å². The van der Waals surface area contributed by atoms with Gasteiger partial charge in [-0.25, -0.2) is 0 Å². The molecule has 150 valence electrons. The van der Waals surface area contributed by atoms with Gasteiger partial charge in [-0.2, -0.15) is 18.4 Å². The van der Waals surface area contributed by atoms with Crippen LogP contribution in [0.2, 0.25) is 0 Å². The molecule has 7 nitrogen and oxygen atoms in total. The van der Waals surface area contributed by atoms with E-state index in [-0.39, 0.29) is 19.0 Å². The second-order valence-electron chi connectivity index (χ2n) is 6.88. The van der Waals surface area contributed by atoms with Gasteiger partial charge in [0.1, 0.15) is 5.76 Å². The number of halogens is 3. The first-order chi connectivity index (χ1) is 13.8. The summed E-state index contributed by atoms with van der Waals surface area (Å²) in [5, 5.41) is 27.2. The third-order valence-corrected chi connectivity index (χ3v) is 4.96. The summed E-state index contributed by atoms with van der Waals surface area (Å²) in [6.07, 6.45) is -3.68. The van der Waals surface area contributed by atoms with E-state index in [2.05, 4.69) is 10.2 Å². The van der Waals surface area contributed by atoms with Crippen molar-refractivity contribution in [2.75, 3.05) is 18.0 Å². The molecule has 1 aliphatic heterocycles. The van der Waals surface area contributed by atoms with Crippen molar-refractivity contribution in [3.8, 4) is 17.5 Å². The van der Waals surface area contributed by atoms with E-state index in [0.29, 0.717) is 22.7 Å². The number of aliphatic hydroxyl groups is 1. The van der Waals surface area contributed by atoms with Gasteiger partial charge in [0.05, 0.1) is 31.0 Å². The summed E-state index contributed by atoms with van der Waals surface area (Å²) >= 11 is 0. The Morgan fingerprint density at radius 2 is 1.97 bits per heavy atom. The van der Waals surface area contributed by atoms with Gasteiger partial charge in [-0.3, -0.25) is 4.57 Å². The molecule has 2 aromatic heterocycles. The van der Waals surface area contributed by atoms with Crippen molar-refractivity contribution in [1.82, 2.24) is 14.8 Å². The van der Waals surface area contributed by atoms with Crippen LogP contribution < -0.4 is 4.90 Å². The van der Waals surface area contributed by atoms with E-state index in [1.54, 1.807) is 41.0 Å². The minimum atomic E-state index is -4.73. The zero-order chi connectivity index (χ0) is 20.6. The van der Waals surface area contributed by atoms with Gasteiger partial charge in [-0.1, -0.05) is 0 Å². The van der Waals surface area contributed by atoms with E-state index in [9.17, 15) is 18.3 Å². The monoisotopic (exact) mass is 403 g/mol. The second-order valence-corrected chi connectivity index (χ2v) is 6.88. The highest BCUT2D eigenvalue weighted by Crippen LogP contribution is 2.39. The lowest BCUT2D eigenvalue weighted by molar-refractivity contribution is -0.250. The van der Waals surface area contributed by atoms with Crippen molar-refractivity contribution in [1.29, 1.82) is 5.26 Å². The number of anilines is 1. The molecule has 3 heterocycles. The van der Waals surface area contributed by atoms with Crippen molar-refractivity contribution in [3.05, 3.63) is 54.0 Å². The predicted octanol–water partition coefficient (Wildman–Crippen LogP) is 2.96. The van der Waals surface area contributed by atoms with Crippen LogP contribution in [-0.4, -0.2) is 44.7 Å². The van der Waals surface area contributed by atoms with Crippen LogP contribution in [0.5, 0.6) is 0 Å². The molecule has 0 spiro atoms. The number of nitriles is 1. The smallest absolute Gasteiger partial charge is 0.419 e.